The zero-order chi connectivity index (χ0) is 13.3. The van der Waals surface area contributed by atoms with Crippen LogP contribution in [0.4, 0.5) is 4.79 Å². The second-order valence-electron chi connectivity index (χ2n) is 4.60. The lowest BCUT2D eigenvalue weighted by molar-refractivity contribution is -0.148. The maximum Gasteiger partial charge on any atom is 0.328 e. The first-order valence-corrected chi connectivity index (χ1v) is 5.90. The van der Waals surface area contributed by atoms with Crippen LogP contribution in [0.15, 0.2) is 0 Å². The molecular weight excluding hydrogens is 240 g/mol. The van der Waals surface area contributed by atoms with Gasteiger partial charge in [-0.15, -0.1) is 0 Å². The fourth-order valence-corrected chi connectivity index (χ4v) is 2.35. The number of rotatable bonds is 2. The van der Waals surface area contributed by atoms with Crippen LogP contribution in [-0.4, -0.2) is 65.7 Å². The largest absolute Gasteiger partial charge is 0.481 e. The molecule has 0 aromatic rings. The summed E-state index contributed by atoms with van der Waals surface area (Å²) in [6.07, 6.45) is 1.37. The summed E-state index contributed by atoms with van der Waals surface area (Å²) in [5.74, 6) is -1.77. The highest BCUT2D eigenvalue weighted by Crippen LogP contribution is 2.24. The molecule has 100 valence electrons. The van der Waals surface area contributed by atoms with Crippen molar-refractivity contribution in [2.45, 2.75) is 18.9 Å². The number of nitrogens with zero attached hydrogens (tertiary/aromatic N) is 2. The van der Waals surface area contributed by atoms with Gasteiger partial charge in [-0.1, -0.05) is 0 Å². The summed E-state index contributed by atoms with van der Waals surface area (Å²) in [6, 6.07) is -0.785. The Balaban J connectivity index is 1.93. The summed E-state index contributed by atoms with van der Waals surface area (Å²) in [7, 11) is 1.30. The highest BCUT2D eigenvalue weighted by Gasteiger charge is 2.42. The third-order valence-corrected chi connectivity index (χ3v) is 3.47. The number of esters is 1. The van der Waals surface area contributed by atoms with Crippen LogP contribution in [0, 0.1) is 5.92 Å². The van der Waals surface area contributed by atoms with E-state index in [0.29, 0.717) is 13.0 Å². The van der Waals surface area contributed by atoms with E-state index in [-0.39, 0.29) is 19.1 Å². The number of carbonyl (C=O) groups excluding carboxylic acids is 2. The molecule has 0 bridgehead atoms. The molecule has 2 saturated heterocycles. The molecule has 1 atom stereocenters. The number of hydrogen-bond acceptors (Lipinski definition) is 4. The van der Waals surface area contributed by atoms with Crippen LogP contribution in [0.3, 0.4) is 0 Å². The average molecular weight is 256 g/mol. The Morgan fingerprint density at radius 3 is 2.50 bits per heavy atom. The zero-order valence-corrected chi connectivity index (χ0v) is 10.2. The van der Waals surface area contributed by atoms with Crippen molar-refractivity contribution in [3.05, 3.63) is 0 Å². The predicted molar refractivity (Wildman–Crippen MR) is 59.8 cm³/mol. The van der Waals surface area contributed by atoms with Crippen LogP contribution in [0.2, 0.25) is 0 Å². The topological polar surface area (TPSA) is 87.2 Å². The highest BCUT2D eigenvalue weighted by atomic mass is 16.5. The van der Waals surface area contributed by atoms with E-state index >= 15 is 0 Å². The van der Waals surface area contributed by atoms with Crippen LogP contribution >= 0.6 is 0 Å². The van der Waals surface area contributed by atoms with Gasteiger partial charge in [-0.3, -0.25) is 4.79 Å². The lowest BCUT2D eigenvalue weighted by atomic mass is 10.0. The fourth-order valence-electron chi connectivity index (χ4n) is 2.35. The van der Waals surface area contributed by atoms with E-state index in [2.05, 4.69) is 4.74 Å². The maximum absolute atomic E-state index is 12.1. The molecule has 7 heteroatoms. The summed E-state index contributed by atoms with van der Waals surface area (Å²) in [4.78, 5) is 37.2. The number of urea groups is 1. The first kappa shape index (κ1) is 12.7. The van der Waals surface area contributed by atoms with Crippen molar-refractivity contribution in [2.24, 2.45) is 5.92 Å². The van der Waals surface area contributed by atoms with Gasteiger partial charge >= 0.3 is 18.0 Å². The number of ether oxygens (including phenoxy) is 1. The molecule has 7 nitrogen and oxygen atoms in total. The lowest BCUT2D eigenvalue weighted by Crippen LogP contribution is -2.58. The molecule has 2 aliphatic heterocycles. The predicted octanol–water partition coefficient (Wildman–Crippen LogP) is -0.240. The van der Waals surface area contributed by atoms with Gasteiger partial charge in [0.25, 0.3) is 0 Å². The van der Waals surface area contributed by atoms with E-state index in [0.717, 1.165) is 6.42 Å². The van der Waals surface area contributed by atoms with E-state index in [1.54, 1.807) is 0 Å². The normalized spacial score (nSPS) is 23.7. The third-order valence-electron chi connectivity index (χ3n) is 3.47. The van der Waals surface area contributed by atoms with Gasteiger partial charge in [-0.25, -0.2) is 9.59 Å². The maximum atomic E-state index is 12.1. The van der Waals surface area contributed by atoms with Crippen LogP contribution in [0.5, 0.6) is 0 Å². The zero-order valence-electron chi connectivity index (χ0n) is 10.2. The number of amides is 2. The number of aliphatic carboxylic acids is 1. The Morgan fingerprint density at radius 2 is 1.94 bits per heavy atom. The van der Waals surface area contributed by atoms with Gasteiger partial charge in [-0.05, 0) is 12.8 Å². The van der Waals surface area contributed by atoms with Gasteiger partial charge in [0.1, 0.15) is 6.04 Å². The number of methoxy groups -OCH3 is 1. The fraction of sp³-hybridized carbons (Fsp3) is 0.727. The average Bonchev–Trinajstić information content (AvgIpc) is 2.73. The van der Waals surface area contributed by atoms with Crippen molar-refractivity contribution >= 4 is 18.0 Å². The Hall–Kier alpha value is -1.79. The summed E-state index contributed by atoms with van der Waals surface area (Å²) >= 11 is 0. The number of likely N-dealkylation sites (tertiary alicyclic amines) is 2. The highest BCUT2D eigenvalue weighted by molar-refractivity contribution is 5.85. The second kappa shape index (κ2) is 4.83. The van der Waals surface area contributed by atoms with E-state index in [1.807, 2.05) is 0 Å². The first-order chi connectivity index (χ1) is 8.54. The molecule has 1 unspecified atom stereocenters. The molecule has 0 aromatic carbocycles. The molecule has 0 aliphatic carbocycles. The molecule has 0 saturated carbocycles. The minimum absolute atomic E-state index is 0.221. The molecule has 0 spiro atoms. The molecule has 18 heavy (non-hydrogen) atoms. The Kier molecular flexibility index (Phi) is 3.40. The van der Waals surface area contributed by atoms with Gasteiger partial charge < -0.3 is 19.6 Å². The van der Waals surface area contributed by atoms with E-state index < -0.39 is 23.9 Å². The van der Waals surface area contributed by atoms with Crippen molar-refractivity contribution in [3.63, 3.8) is 0 Å². The van der Waals surface area contributed by atoms with Crippen LogP contribution in [0.1, 0.15) is 12.8 Å². The smallest absolute Gasteiger partial charge is 0.328 e. The van der Waals surface area contributed by atoms with Gasteiger partial charge in [-0.2, -0.15) is 0 Å². The minimum atomic E-state index is -0.884. The molecular formula is C11H16N2O5. The number of carbonyl (C=O) groups is 3. The minimum Gasteiger partial charge on any atom is -0.481 e. The first-order valence-electron chi connectivity index (χ1n) is 5.90. The van der Waals surface area contributed by atoms with Gasteiger partial charge in [0.15, 0.2) is 0 Å². The molecule has 2 heterocycles. The van der Waals surface area contributed by atoms with Crippen molar-refractivity contribution in [1.82, 2.24) is 9.80 Å². The number of carboxylic acid groups (broad SMARTS) is 1. The quantitative estimate of drug-likeness (QED) is 0.689. The molecule has 0 aromatic heterocycles. The van der Waals surface area contributed by atoms with Crippen LogP contribution < -0.4 is 0 Å². The monoisotopic (exact) mass is 256 g/mol. The van der Waals surface area contributed by atoms with Crippen LogP contribution in [-0.2, 0) is 14.3 Å². The second-order valence-corrected chi connectivity index (χ2v) is 4.60. The molecule has 2 rings (SSSR count). The summed E-state index contributed by atoms with van der Waals surface area (Å²) in [6.45, 7) is 0.962. The summed E-state index contributed by atoms with van der Waals surface area (Å²) in [5.41, 5.74) is 0. The molecule has 2 fully saturated rings. The molecule has 2 amide bonds. The van der Waals surface area contributed by atoms with Crippen molar-refractivity contribution in [1.29, 1.82) is 0 Å². The van der Waals surface area contributed by atoms with Crippen molar-refractivity contribution in [3.8, 4) is 0 Å². The van der Waals surface area contributed by atoms with Crippen molar-refractivity contribution in [2.75, 3.05) is 26.7 Å². The molecule has 2 aliphatic rings. The van der Waals surface area contributed by atoms with Gasteiger partial charge in [0, 0.05) is 19.6 Å². The number of hydrogen-bond donors (Lipinski definition) is 1. The Labute approximate surface area is 104 Å². The SMILES string of the molecule is COC(=O)C1CCCN1C(=O)N1CC(C(=O)O)C1. The summed E-state index contributed by atoms with van der Waals surface area (Å²) < 4.78 is 4.66. The number of carboxylic acids is 1. The standard InChI is InChI=1S/C11H16N2O5/c1-18-10(16)8-3-2-4-13(8)11(17)12-5-7(6-12)9(14)15/h7-8H,2-6H2,1H3,(H,14,15). The molecule has 0 radical (unpaired) electrons. The summed E-state index contributed by atoms with van der Waals surface area (Å²) in [5, 5.41) is 8.75. The Morgan fingerprint density at radius 1 is 1.28 bits per heavy atom. The lowest BCUT2D eigenvalue weighted by Gasteiger charge is -2.39. The van der Waals surface area contributed by atoms with E-state index in [1.165, 1.54) is 16.9 Å². The van der Waals surface area contributed by atoms with E-state index in [4.69, 9.17) is 5.11 Å². The third kappa shape index (κ3) is 2.12. The van der Waals surface area contributed by atoms with E-state index in [9.17, 15) is 14.4 Å². The Bertz CT molecular complexity index is 378. The van der Waals surface area contributed by atoms with Gasteiger partial charge in [0.2, 0.25) is 0 Å². The van der Waals surface area contributed by atoms with Gasteiger partial charge in [0.05, 0.1) is 13.0 Å². The molecule has 1 N–H and O–H groups in total. The van der Waals surface area contributed by atoms with Crippen molar-refractivity contribution < 1.29 is 24.2 Å². The van der Waals surface area contributed by atoms with Crippen LogP contribution in [0.25, 0.3) is 0 Å².